The molecule has 1 aliphatic carbocycles. The maximum atomic E-state index is 4.90. The van der Waals surface area contributed by atoms with Crippen LogP contribution < -0.4 is 5.32 Å². The lowest BCUT2D eigenvalue weighted by molar-refractivity contribution is 0.523. The van der Waals surface area contributed by atoms with Gasteiger partial charge in [0.05, 0.1) is 5.69 Å². The highest BCUT2D eigenvalue weighted by Gasteiger charge is 2.24. The van der Waals surface area contributed by atoms with Gasteiger partial charge in [-0.05, 0) is 26.3 Å². The summed E-state index contributed by atoms with van der Waals surface area (Å²) in [4.78, 5) is 6.40. The molecule has 0 saturated heterocycles. The number of nitrogens with one attached hydrogen (secondary N) is 1. The largest absolute Gasteiger partial charge is 0.319 e. The summed E-state index contributed by atoms with van der Waals surface area (Å²) in [5, 5.41) is 4.48. The summed E-state index contributed by atoms with van der Waals surface area (Å²) < 4.78 is 0. The molecule has 1 heterocycles. The predicted octanol–water partition coefficient (Wildman–Crippen LogP) is 3.45. The lowest BCUT2D eigenvalue weighted by Gasteiger charge is -2.20. The number of hydrogen-bond donors (Lipinski definition) is 1. The van der Waals surface area contributed by atoms with E-state index in [1.54, 1.807) is 0 Å². The van der Waals surface area contributed by atoms with Crippen LogP contribution in [0.4, 0.5) is 0 Å². The molecule has 0 radical (unpaired) electrons. The van der Waals surface area contributed by atoms with Crippen molar-refractivity contribution in [2.24, 2.45) is 0 Å². The Hall–Kier alpha value is -1.19. The van der Waals surface area contributed by atoms with Gasteiger partial charge >= 0.3 is 0 Å². The normalized spacial score (nSPS) is 18.6. The van der Waals surface area contributed by atoms with Crippen LogP contribution in [0.3, 0.4) is 0 Å². The van der Waals surface area contributed by atoms with Gasteiger partial charge < -0.3 is 5.32 Å². The average molecular weight is 258 g/mol. The van der Waals surface area contributed by atoms with Gasteiger partial charge in [-0.2, -0.15) is 0 Å². The minimum absolute atomic E-state index is 0.604. The zero-order valence-electron chi connectivity index (χ0n) is 10.6. The molecule has 18 heavy (non-hydrogen) atoms. The van der Waals surface area contributed by atoms with Crippen molar-refractivity contribution in [3.05, 3.63) is 40.9 Å². The van der Waals surface area contributed by atoms with Crippen molar-refractivity contribution in [3.63, 3.8) is 0 Å². The van der Waals surface area contributed by atoms with Crippen molar-refractivity contribution in [2.75, 3.05) is 13.6 Å². The molecule has 0 saturated carbocycles. The van der Waals surface area contributed by atoms with Crippen LogP contribution in [0.25, 0.3) is 10.6 Å². The second kappa shape index (κ2) is 5.21. The zero-order chi connectivity index (χ0) is 12.4. The molecule has 2 nitrogen and oxygen atoms in total. The number of likely N-dealkylation sites (N-methyl/N-ethyl adjacent to an activating group) is 1. The number of rotatable bonds is 3. The van der Waals surface area contributed by atoms with Crippen LogP contribution >= 0.6 is 11.3 Å². The fraction of sp³-hybridized carbons (Fsp3) is 0.400. The van der Waals surface area contributed by atoms with Gasteiger partial charge in [-0.1, -0.05) is 30.3 Å². The Labute approximate surface area is 112 Å². The molecule has 1 aliphatic rings. The molecule has 94 valence electrons. The summed E-state index contributed by atoms with van der Waals surface area (Å²) >= 11 is 1.88. The van der Waals surface area contributed by atoms with Crippen LogP contribution in [0, 0.1) is 0 Å². The van der Waals surface area contributed by atoms with E-state index in [9.17, 15) is 0 Å². The summed E-state index contributed by atoms with van der Waals surface area (Å²) in [5.41, 5.74) is 2.60. The first-order chi connectivity index (χ1) is 8.88. The zero-order valence-corrected chi connectivity index (χ0v) is 11.5. The minimum Gasteiger partial charge on any atom is -0.319 e. The van der Waals surface area contributed by atoms with Gasteiger partial charge in [0.25, 0.3) is 0 Å². The van der Waals surface area contributed by atoms with Gasteiger partial charge in [-0.25, -0.2) is 4.98 Å². The fourth-order valence-electron chi connectivity index (χ4n) is 2.66. The molecule has 1 aromatic heterocycles. The first kappa shape index (κ1) is 11.9. The maximum Gasteiger partial charge on any atom is 0.123 e. The van der Waals surface area contributed by atoms with E-state index in [-0.39, 0.29) is 0 Å². The Morgan fingerprint density at radius 1 is 1.33 bits per heavy atom. The van der Waals surface area contributed by atoms with Gasteiger partial charge in [0.2, 0.25) is 0 Å². The highest BCUT2D eigenvalue weighted by Crippen LogP contribution is 2.37. The minimum atomic E-state index is 0.604. The van der Waals surface area contributed by atoms with E-state index in [2.05, 4.69) is 35.6 Å². The van der Waals surface area contributed by atoms with Crippen LogP contribution in [0.5, 0.6) is 0 Å². The topological polar surface area (TPSA) is 24.9 Å². The van der Waals surface area contributed by atoms with Crippen LogP contribution in [0.1, 0.15) is 29.3 Å². The number of thiazole rings is 1. The maximum absolute atomic E-state index is 4.90. The molecule has 0 spiro atoms. The van der Waals surface area contributed by atoms with Crippen molar-refractivity contribution in [3.8, 4) is 10.6 Å². The van der Waals surface area contributed by atoms with E-state index in [1.807, 2.05) is 18.4 Å². The molecule has 2 aromatic rings. The molecule has 0 fully saturated rings. The molecule has 0 aliphatic heterocycles. The molecule has 0 bridgehead atoms. The number of nitrogens with zero attached hydrogens (tertiary/aromatic N) is 1. The average Bonchev–Trinajstić information content (AvgIpc) is 2.85. The highest BCUT2D eigenvalue weighted by atomic mass is 32.1. The highest BCUT2D eigenvalue weighted by molar-refractivity contribution is 7.15. The third-order valence-corrected chi connectivity index (χ3v) is 4.72. The van der Waals surface area contributed by atoms with Crippen molar-refractivity contribution >= 4 is 11.3 Å². The van der Waals surface area contributed by atoms with Crippen LogP contribution in [-0.2, 0) is 6.42 Å². The third kappa shape index (κ3) is 2.20. The van der Waals surface area contributed by atoms with Crippen molar-refractivity contribution in [2.45, 2.75) is 25.2 Å². The molecular formula is C15H18N2S. The molecule has 3 rings (SSSR count). The first-order valence-electron chi connectivity index (χ1n) is 6.58. The van der Waals surface area contributed by atoms with Gasteiger partial charge in [0.1, 0.15) is 5.01 Å². The standard InChI is InChI=1S/C15H18N2S/c1-16-10-12-8-5-9-13-14(12)17-15(18-13)11-6-3-2-4-7-11/h2-4,6-7,12,16H,5,8-10H2,1H3. The van der Waals surface area contributed by atoms with Gasteiger partial charge in [0, 0.05) is 22.9 Å². The second-order valence-electron chi connectivity index (χ2n) is 4.84. The molecular weight excluding hydrogens is 240 g/mol. The van der Waals surface area contributed by atoms with Gasteiger partial charge in [-0.3, -0.25) is 0 Å². The van der Waals surface area contributed by atoms with Crippen LogP contribution in [-0.4, -0.2) is 18.6 Å². The van der Waals surface area contributed by atoms with E-state index < -0.39 is 0 Å². The second-order valence-corrected chi connectivity index (χ2v) is 5.92. The van der Waals surface area contributed by atoms with Gasteiger partial charge in [-0.15, -0.1) is 11.3 Å². The number of aromatic nitrogens is 1. The quantitative estimate of drug-likeness (QED) is 0.912. The number of aryl methyl sites for hydroxylation is 1. The van der Waals surface area contributed by atoms with E-state index in [4.69, 9.17) is 4.98 Å². The Balaban J connectivity index is 1.96. The molecule has 0 amide bonds. The van der Waals surface area contributed by atoms with Crippen molar-refractivity contribution in [1.82, 2.24) is 10.3 Å². The third-order valence-electron chi connectivity index (χ3n) is 3.54. The fourth-order valence-corrected chi connectivity index (χ4v) is 3.85. The molecule has 1 unspecified atom stereocenters. The molecule has 3 heteroatoms. The summed E-state index contributed by atoms with van der Waals surface area (Å²) in [7, 11) is 2.03. The Morgan fingerprint density at radius 2 is 2.17 bits per heavy atom. The monoisotopic (exact) mass is 258 g/mol. The Bertz CT molecular complexity index is 519. The van der Waals surface area contributed by atoms with Crippen molar-refractivity contribution in [1.29, 1.82) is 0 Å². The van der Waals surface area contributed by atoms with E-state index >= 15 is 0 Å². The van der Waals surface area contributed by atoms with E-state index in [1.165, 1.54) is 40.4 Å². The smallest absolute Gasteiger partial charge is 0.123 e. The number of fused-ring (bicyclic) bond motifs is 1. The van der Waals surface area contributed by atoms with E-state index in [0.29, 0.717) is 5.92 Å². The summed E-state index contributed by atoms with van der Waals surface area (Å²) in [6.45, 7) is 1.05. The predicted molar refractivity (Wildman–Crippen MR) is 77.2 cm³/mol. The lowest BCUT2D eigenvalue weighted by Crippen LogP contribution is -2.20. The Kier molecular flexibility index (Phi) is 3.43. The molecule has 1 atom stereocenters. The number of benzene rings is 1. The number of hydrogen-bond acceptors (Lipinski definition) is 3. The van der Waals surface area contributed by atoms with Gasteiger partial charge in [0.15, 0.2) is 0 Å². The molecule has 1 N–H and O–H groups in total. The summed E-state index contributed by atoms with van der Waals surface area (Å²) in [6, 6.07) is 10.5. The summed E-state index contributed by atoms with van der Waals surface area (Å²) in [5.74, 6) is 0.604. The lowest BCUT2D eigenvalue weighted by atomic mass is 9.91. The van der Waals surface area contributed by atoms with E-state index in [0.717, 1.165) is 6.54 Å². The molecule has 1 aromatic carbocycles. The van der Waals surface area contributed by atoms with Crippen LogP contribution in [0.2, 0.25) is 0 Å². The Morgan fingerprint density at radius 3 is 2.94 bits per heavy atom. The SMILES string of the molecule is CNCC1CCCc2sc(-c3ccccc3)nc21. The van der Waals surface area contributed by atoms with Crippen LogP contribution in [0.15, 0.2) is 30.3 Å². The summed E-state index contributed by atoms with van der Waals surface area (Å²) in [6.07, 6.45) is 3.78. The van der Waals surface area contributed by atoms with Crippen molar-refractivity contribution < 1.29 is 0 Å². The first-order valence-corrected chi connectivity index (χ1v) is 7.39.